The smallest absolute Gasteiger partial charge is 0.318 e. The second-order valence-corrected chi connectivity index (χ2v) is 6.52. The molecule has 2 rings (SSSR count). The molecule has 1 aliphatic heterocycles. The number of carbonyl (C=O) groups is 2. The van der Waals surface area contributed by atoms with Crippen LogP contribution in [0.1, 0.15) is 65.2 Å². The van der Waals surface area contributed by atoms with Gasteiger partial charge in [-0.3, -0.25) is 4.79 Å². The van der Waals surface area contributed by atoms with E-state index in [-0.39, 0.29) is 24.5 Å². The standard InChI is InChI=1S/C15H26N2O3/c1-11-6-5-7-12(2)17(11)14(20)16-15(10-13(18)19)8-3-4-9-15/h11-12H,3-10H2,1-2H3,(H,16,20)(H,18,19)/t11-,12+. The van der Waals surface area contributed by atoms with Gasteiger partial charge in [-0.25, -0.2) is 4.79 Å². The highest BCUT2D eigenvalue weighted by molar-refractivity contribution is 5.77. The lowest BCUT2D eigenvalue weighted by atomic mass is 9.93. The topological polar surface area (TPSA) is 69.6 Å². The summed E-state index contributed by atoms with van der Waals surface area (Å²) in [6.07, 6.45) is 6.82. The predicted octanol–water partition coefficient (Wildman–Crippen LogP) is 2.75. The predicted molar refractivity (Wildman–Crippen MR) is 76.6 cm³/mol. The van der Waals surface area contributed by atoms with Gasteiger partial charge in [0.15, 0.2) is 0 Å². The molecule has 5 nitrogen and oxygen atoms in total. The molecule has 0 spiro atoms. The molecule has 114 valence electrons. The summed E-state index contributed by atoms with van der Waals surface area (Å²) in [6.45, 7) is 4.15. The Morgan fingerprint density at radius 3 is 2.20 bits per heavy atom. The van der Waals surface area contributed by atoms with Gasteiger partial charge in [0.2, 0.25) is 0 Å². The van der Waals surface area contributed by atoms with Gasteiger partial charge < -0.3 is 15.3 Å². The Morgan fingerprint density at radius 1 is 1.15 bits per heavy atom. The van der Waals surface area contributed by atoms with Gasteiger partial charge in [-0.15, -0.1) is 0 Å². The molecule has 0 radical (unpaired) electrons. The van der Waals surface area contributed by atoms with Crippen LogP contribution in [0.5, 0.6) is 0 Å². The van der Waals surface area contributed by atoms with Crippen LogP contribution in [0.15, 0.2) is 0 Å². The van der Waals surface area contributed by atoms with Gasteiger partial charge in [0, 0.05) is 12.1 Å². The van der Waals surface area contributed by atoms with E-state index in [1.54, 1.807) is 0 Å². The van der Waals surface area contributed by atoms with Gasteiger partial charge in [0.1, 0.15) is 0 Å². The first-order valence-corrected chi connectivity index (χ1v) is 7.76. The quantitative estimate of drug-likeness (QED) is 0.836. The van der Waals surface area contributed by atoms with Gasteiger partial charge in [0.05, 0.1) is 12.0 Å². The number of carboxylic acids is 1. The third-order valence-electron chi connectivity index (χ3n) is 4.85. The van der Waals surface area contributed by atoms with Crippen molar-refractivity contribution in [3.63, 3.8) is 0 Å². The van der Waals surface area contributed by atoms with Crippen LogP contribution in [-0.4, -0.2) is 39.6 Å². The molecular weight excluding hydrogens is 256 g/mol. The average molecular weight is 282 g/mol. The number of hydrogen-bond acceptors (Lipinski definition) is 2. The van der Waals surface area contributed by atoms with Crippen LogP contribution in [0.2, 0.25) is 0 Å². The van der Waals surface area contributed by atoms with Crippen molar-refractivity contribution in [2.45, 2.75) is 82.8 Å². The van der Waals surface area contributed by atoms with E-state index in [1.165, 1.54) is 0 Å². The van der Waals surface area contributed by atoms with Crippen molar-refractivity contribution in [2.24, 2.45) is 0 Å². The molecule has 2 atom stereocenters. The fourth-order valence-electron chi connectivity index (χ4n) is 3.80. The molecule has 5 heteroatoms. The van der Waals surface area contributed by atoms with Gasteiger partial charge in [-0.1, -0.05) is 12.8 Å². The summed E-state index contributed by atoms with van der Waals surface area (Å²) in [7, 11) is 0. The van der Waals surface area contributed by atoms with Crippen LogP contribution >= 0.6 is 0 Å². The van der Waals surface area contributed by atoms with E-state index in [2.05, 4.69) is 19.2 Å². The van der Waals surface area contributed by atoms with Gasteiger partial charge in [-0.2, -0.15) is 0 Å². The van der Waals surface area contributed by atoms with Crippen LogP contribution in [0, 0.1) is 0 Å². The number of piperidine rings is 1. The van der Waals surface area contributed by atoms with E-state index in [0.717, 1.165) is 44.9 Å². The van der Waals surface area contributed by atoms with Crippen LogP contribution < -0.4 is 5.32 Å². The first-order valence-electron chi connectivity index (χ1n) is 7.76. The van der Waals surface area contributed by atoms with E-state index in [9.17, 15) is 9.59 Å². The van der Waals surface area contributed by atoms with Crippen molar-refractivity contribution in [2.75, 3.05) is 0 Å². The SMILES string of the molecule is C[C@@H]1CCC[C@H](C)N1C(=O)NC1(CC(=O)O)CCCC1. The zero-order chi connectivity index (χ0) is 14.8. The van der Waals surface area contributed by atoms with E-state index in [4.69, 9.17) is 5.11 Å². The van der Waals surface area contributed by atoms with Crippen molar-refractivity contribution in [1.82, 2.24) is 10.2 Å². The minimum absolute atomic E-state index is 0.0370. The van der Waals surface area contributed by atoms with Gasteiger partial charge in [-0.05, 0) is 46.0 Å². The number of likely N-dealkylation sites (tertiary alicyclic amines) is 1. The number of carbonyl (C=O) groups excluding carboxylic acids is 1. The van der Waals surface area contributed by atoms with Crippen LogP contribution in [-0.2, 0) is 4.79 Å². The molecule has 0 aromatic rings. The average Bonchev–Trinajstić information content (AvgIpc) is 2.75. The van der Waals surface area contributed by atoms with Crippen LogP contribution in [0.25, 0.3) is 0 Å². The zero-order valence-corrected chi connectivity index (χ0v) is 12.5. The Balaban J connectivity index is 2.06. The summed E-state index contributed by atoms with van der Waals surface area (Å²) < 4.78 is 0. The molecule has 2 aliphatic rings. The lowest BCUT2D eigenvalue weighted by molar-refractivity contribution is -0.138. The molecule has 0 unspecified atom stereocenters. The molecule has 0 aromatic heterocycles. The summed E-state index contributed by atoms with van der Waals surface area (Å²) in [6, 6.07) is 0.400. The molecule has 1 saturated heterocycles. The van der Waals surface area contributed by atoms with Crippen LogP contribution in [0.4, 0.5) is 4.79 Å². The number of hydrogen-bond donors (Lipinski definition) is 2. The highest BCUT2D eigenvalue weighted by Gasteiger charge is 2.40. The molecule has 20 heavy (non-hydrogen) atoms. The summed E-state index contributed by atoms with van der Waals surface area (Å²) in [5.41, 5.74) is -0.528. The van der Waals surface area contributed by atoms with E-state index in [0.29, 0.717) is 0 Å². The molecule has 1 saturated carbocycles. The second kappa shape index (κ2) is 6.02. The van der Waals surface area contributed by atoms with Crippen molar-refractivity contribution in [1.29, 1.82) is 0 Å². The number of nitrogens with zero attached hydrogens (tertiary/aromatic N) is 1. The molecule has 1 aliphatic carbocycles. The maximum atomic E-state index is 12.6. The number of urea groups is 1. The van der Waals surface area contributed by atoms with Crippen molar-refractivity contribution >= 4 is 12.0 Å². The minimum atomic E-state index is -0.827. The fraction of sp³-hybridized carbons (Fsp3) is 0.867. The minimum Gasteiger partial charge on any atom is -0.481 e. The first-order chi connectivity index (χ1) is 9.43. The summed E-state index contributed by atoms with van der Waals surface area (Å²) in [5.74, 6) is -0.827. The fourth-order valence-corrected chi connectivity index (χ4v) is 3.80. The lowest BCUT2D eigenvalue weighted by Gasteiger charge is -2.41. The molecule has 2 amide bonds. The normalized spacial score (nSPS) is 29.2. The van der Waals surface area contributed by atoms with Crippen molar-refractivity contribution < 1.29 is 14.7 Å². The maximum absolute atomic E-state index is 12.6. The maximum Gasteiger partial charge on any atom is 0.318 e. The second-order valence-electron chi connectivity index (χ2n) is 6.52. The number of carboxylic acid groups (broad SMARTS) is 1. The lowest BCUT2D eigenvalue weighted by Crippen LogP contribution is -2.58. The summed E-state index contributed by atoms with van der Waals surface area (Å²) in [5, 5.41) is 12.2. The van der Waals surface area contributed by atoms with Crippen LogP contribution in [0.3, 0.4) is 0 Å². The molecule has 0 bridgehead atoms. The highest BCUT2D eigenvalue weighted by atomic mass is 16.4. The number of nitrogens with one attached hydrogen (secondary N) is 1. The Bertz CT molecular complexity index is 367. The third-order valence-corrected chi connectivity index (χ3v) is 4.85. The van der Waals surface area contributed by atoms with Crippen molar-refractivity contribution in [3.8, 4) is 0 Å². The van der Waals surface area contributed by atoms with E-state index < -0.39 is 11.5 Å². The zero-order valence-electron chi connectivity index (χ0n) is 12.5. The van der Waals surface area contributed by atoms with E-state index in [1.807, 2.05) is 4.90 Å². The number of aliphatic carboxylic acids is 1. The van der Waals surface area contributed by atoms with Gasteiger partial charge >= 0.3 is 12.0 Å². The van der Waals surface area contributed by atoms with E-state index >= 15 is 0 Å². The Kier molecular flexibility index (Phi) is 4.55. The molecule has 0 aromatic carbocycles. The van der Waals surface area contributed by atoms with Crippen molar-refractivity contribution in [3.05, 3.63) is 0 Å². The Morgan fingerprint density at radius 2 is 1.70 bits per heavy atom. The highest BCUT2D eigenvalue weighted by Crippen LogP contribution is 2.33. The number of rotatable bonds is 3. The number of amides is 2. The molecule has 1 heterocycles. The molecular formula is C15H26N2O3. The summed E-state index contributed by atoms with van der Waals surface area (Å²) in [4.78, 5) is 25.6. The third kappa shape index (κ3) is 3.25. The largest absolute Gasteiger partial charge is 0.481 e. The summed E-state index contributed by atoms with van der Waals surface area (Å²) >= 11 is 0. The Labute approximate surface area is 120 Å². The monoisotopic (exact) mass is 282 g/mol. The Hall–Kier alpha value is -1.26. The van der Waals surface area contributed by atoms with Gasteiger partial charge in [0.25, 0.3) is 0 Å². The molecule has 2 N–H and O–H groups in total. The molecule has 2 fully saturated rings. The first kappa shape index (κ1) is 15.1.